The van der Waals surface area contributed by atoms with Crippen LogP contribution in [0.15, 0.2) is 18.5 Å². The summed E-state index contributed by atoms with van der Waals surface area (Å²) >= 11 is 0. The van der Waals surface area contributed by atoms with Crippen LogP contribution in [0, 0.1) is 5.82 Å². The molecule has 0 spiro atoms. The quantitative estimate of drug-likeness (QED) is 0.815. The number of halogens is 1. The molecule has 5 heteroatoms. The summed E-state index contributed by atoms with van der Waals surface area (Å²) in [6.45, 7) is 0. The standard InChI is InChI=1S/C12H15FN2O2/c13-11-7-14-5-4-10(11)12(17)15-8-2-1-3-9(16)6-8/h4-5,7-9,16H,1-3,6H2,(H,15,17). The van der Waals surface area contributed by atoms with E-state index in [0.717, 1.165) is 25.5 Å². The summed E-state index contributed by atoms with van der Waals surface area (Å²) in [6, 6.07) is 1.28. The zero-order valence-electron chi connectivity index (χ0n) is 9.40. The lowest BCUT2D eigenvalue weighted by Gasteiger charge is -2.26. The molecule has 0 aliphatic heterocycles. The maximum Gasteiger partial charge on any atom is 0.254 e. The number of amides is 1. The van der Waals surface area contributed by atoms with E-state index in [2.05, 4.69) is 10.3 Å². The van der Waals surface area contributed by atoms with Crippen molar-refractivity contribution in [3.63, 3.8) is 0 Å². The van der Waals surface area contributed by atoms with Crippen LogP contribution in [-0.2, 0) is 0 Å². The summed E-state index contributed by atoms with van der Waals surface area (Å²) in [5.41, 5.74) is 0.0000586. The van der Waals surface area contributed by atoms with E-state index in [1.165, 1.54) is 12.3 Å². The summed E-state index contributed by atoms with van der Waals surface area (Å²) in [6.07, 6.45) is 5.06. The Kier molecular flexibility index (Phi) is 3.68. The Hall–Kier alpha value is -1.49. The van der Waals surface area contributed by atoms with Gasteiger partial charge in [-0.25, -0.2) is 4.39 Å². The van der Waals surface area contributed by atoms with Gasteiger partial charge in [0.1, 0.15) is 0 Å². The van der Waals surface area contributed by atoms with Gasteiger partial charge in [0.25, 0.3) is 5.91 Å². The van der Waals surface area contributed by atoms with Gasteiger partial charge >= 0.3 is 0 Å². The maximum atomic E-state index is 13.3. The van der Waals surface area contributed by atoms with E-state index in [1.807, 2.05) is 0 Å². The Balaban J connectivity index is 1.99. The number of nitrogens with zero attached hydrogens (tertiary/aromatic N) is 1. The van der Waals surface area contributed by atoms with Crippen molar-refractivity contribution >= 4 is 5.91 Å². The van der Waals surface area contributed by atoms with Crippen molar-refractivity contribution in [3.05, 3.63) is 29.8 Å². The molecular weight excluding hydrogens is 223 g/mol. The molecule has 92 valence electrons. The van der Waals surface area contributed by atoms with E-state index in [4.69, 9.17) is 0 Å². The molecule has 2 atom stereocenters. The number of aliphatic hydroxyl groups is 1. The molecule has 0 aromatic carbocycles. The van der Waals surface area contributed by atoms with Crippen LogP contribution in [0.2, 0.25) is 0 Å². The molecule has 0 bridgehead atoms. The molecule has 1 heterocycles. The Labute approximate surface area is 98.9 Å². The van der Waals surface area contributed by atoms with E-state index >= 15 is 0 Å². The number of aliphatic hydroxyl groups excluding tert-OH is 1. The number of carbonyl (C=O) groups excluding carboxylic acids is 1. The van der Waals surface area contributed by atoms with E-state index < -0.39 is 11.7 Å². The SMILES string of the molecule is O=C(NC1CCCC(O)C1)c1ccncc1F. The van der Waals surface area contributed by atoms with Crippen molar-refractivity contribution in [2.45, 2.75) is 37.8 Å². The molecule has 1 amide bonds. The van der Waals surface area contributed by atoms with Crippen molar-refractivity contribution in [2.75, 3.05) is 0 Å². The van der Waals surface area contributed by atoms with Gasteiger partial charge in [-0.15, -0.1) is 0 Å². The lowest BCUT2D eigenvalue weighted by molar-refractivity contribution is 0.0846. The monoisotopic (exact) mass is 238 g/mol. The number of pyridine rings is 1. The van der Waals surface area contributed by atoms with E-state index in [0.29, 0.717) is 6.42 Å². The smallest absolute Gasteiger partial charge is 0.254 e. The first kappa shape index (κ1) is 12.0. The second-order valence-corrected chi connectivity index (χ2v) is 4.35. The summed E-state index contributed by atoms with van der Waals surface area (Å²) in [4.78, 5) is 15.4. The van der Waals surface area contributed by atoms with Crippen LogP contribution >= 0.6 is 0 Å². The Morgan fingerprint density at radius 3 is 3.06 bits per heavy atom. The minimum absolute atomic E-state index is 0.0000586. The number of hydrogen-bond acceptors (Lipinski definition) is 3. The maximum absolute atomic E-state index is 13.3. The summed E-state index contributed by atoms with van der Waals surface area (Å²) in [5.74, 6) is -1.06. The van der Waals surface area contributed by atoms with Gasteiger partial charge in [0.2, 0.25) is 0 Å². The molecule has 1 aliphatic rings. The highest BCUT2D eigenvalue weighted by atomic mass is 19.1. The van der Waals surface area contributed by atoms with Gasteiger partial charge in [-0.3, -0.25) is 9.78 Å². The van der Waals surface area contributed by atoms with Crippen molar-refractivity contribution in [1.82, 2.24) is 10.3 Å². The molecule has 1 aromatic rings. The Morgan fingerprint density at radius 2 is 2.35 bits per heavy atom. The van der Waals surface area contributed by atoms with E-state index in [-0.39, 0.29) is 17.7 Å². The topological polar surface area (TPSA) is 62.2 Å². The summed E-state index contributed by atoms with van der Waals surface area (Å²) in [7, 11) is 0. The lowest BCUT2D eigenvalue weighted by atomic mass is 9.93. The fourth-order valence-electron chi connectivity index (χ4n) is 2.12. The van der Waals surface area contributed by atoms with Crippen molar-refractivity contribution in [2.24, 2.45) is 0 Å². The number of aromatic nitrogens is 1. The van der Waals surface area contributed by atoms with Crippen LogP contribution in [-0.4, -0.2) is 28.1 Å². The van der Waals surface area contributed by atoms with Crippen LogP contribution in [0.3, 0.4) is 0 Å². The third kappa shape index (κ3) is 3.00. The Bertz CT molecular complexity index is 411. The molecular formula is C12H15FN2O2. The number of nitrogens with one attached hydrogen (secondary N) is 1. The van der Waals surface area contributed by atoms with Crippen LogP contribution in [0.5, 0.6) is 0 Å². The van der Waals surface area contributed by atoms with Crippen molar-refractivity contribution in [3.8, 4) is 0 Å². The first-order valence-electron chi connectivity index (χ1n) is 5.75. The van der Waals surface area contributed by atoms with E-state index in [1.54, 1.807) is 0 Å². The Morgan fingerprint density at radius 1 is 1.53 bits per heavy atom. The molecule has 0 radical (unpaired) electrons. The third-order valence-corrected chi connectivity index (χ3v) is 3.00. The van der Waals surface area contributed by atoms with Crippen molar-refractivity contribution < 1.29 is 14.3 Å². The zero-order valence-corrected chi connectivity index (χ0v) is 9.40. The van der Waals surface area contributed by atoms with E-state index in [9.17, 15) is 14.3 Å². The molecule has 17 heavy (non-hydrogen) atoms. The number of rotatable bonds is 2. The molecule has 2 N–H and O–H groups in total. The number of hydrogen-bond donors (Lipinski definition) is 2. The highest BCUT2D eigenvalue weighted by molar-refractivity contribution is 5.94. The van der Waals surface area contributed by atoms with Gasteiger partial charge in [0.05, 0.1) is 17.9 Å². The van der Waals surface area contributed by atoms with Crippen LogP contribution in [0.4, 0.5) is 4.39 Å². The normalized spacial score (nSPS) is 24.4. The fourth-order valence-corrected chi connectivity index (χ4v) is 2.12. The first-order chi connectivity index (χ1) is 8.16. The fraction of sp³-hybridized carbons (Fsp3) is 0.500. The van der Waals surface area contributed by atoms with Gasteiger partial charge < -0.3 is 10.4 Å². The van der Waals surface area contributed by atoms with Gasteiger partial charge in [0, 0.05) is 12.2 Å². The highest BCUT2D eigenvalue weighted by Crippen LogP contribution is 2.18. The second-order valence-electron chi connectivity index (χ2n) is 4.35. The van der Waals surface area contributed by atoms with Crippen LogP contribution < -0.4 is 5.32 Å². The largest absolute Gasteiger partial charge is 0.393 e. The van der Waals surface area contributed by atoms with Crippen molar-refractivity contribution in [1.29, 1.82) is 0 Å². The molecule has 4 nitrogen and oxygen atoms in total. The molecule has 2 rings (SSSR count). The summed E-state index contributed by atoms with van der Waals surface area (Å²) < 4.78 is 13.3. The first-order valence-corrected chi connectivity index (χ1v) is 5.75. The van der Waals surface area contributed by atoms with Gasteiger partial charge in [-0.1, -0.05) is 0 Å². The molecule has 1 aliphatic carbocycles. The highest BCUT2D eigenvalue weighted by Gasteiger charge is 2.22. The molecule has 1 saturated carbocycles. The predicted molar refractivity (Wildman–Crippen MR) is 59.9 cm³/mol. The van der Waals surface area contributed by atoms with Gasteiger partial charge in [0.15, 0.2) is 5.82 Å². The average Bonchev–Trinajstić information content (AvgIpc) is 2.29. The van der Waals surface area contributed by atoms with Gasteiger partial charge in [-0.2, -0.15) is 0 Å². The predicted octanol–water partition coefficient (Wildman–Crippen LogP) is 1.25. The van der Waals surface area contributed by atoms with Crippen LogP contribution in [0.1, 0.15) is 36.0 Å². The third-order valence-electron chi connectivity index (χ3n) is 3.00. The molecule has 1 fully saturated rings. The minimum Gasteiger partial charge on any atom is -0.393 e. The molecule has 1 aromatic heterocycles. The molecule has 2 unspecified atom stereocenters. The molecule has 0 saturated heterocycles. The number of carbonyl (C=O) groups is 1. The second kappa shape index (κ2) is 5.23. The zero-order chi connectivity index (χ0) is 12.3. The van der Waals surface area contributed by atoms with Crippen LogP contribution in [0.25, 0.3) is 0 Å². The summed E-state index contributed by atoms with van der Waals surface area (Å²) in [5, 5.41) is 12.2. The average molecular weight is 238 g/mol. The minimum atomic E-state index is -0.624. The lowest BCUT2D eigenvalue weighted by Crippen LogP contribution is -2.40. The van der Waals surface area contributed by atoms with Gasteiger partial charge in [-0.05, 0) is 31.7 Å².